The van der Waals surface area contributed by atoms with Gasteiger partial charge in [0.15, 0.2) is 11.5 Å². The molecule has 2 saturated carbocycles. The molecule has 2 fully saturated rings. The van der Waals surface area contributed by atoms with Gasteiger partial charge in [0.05, 0.1) is 19.2 Å². The minimum Gasteiger partial charge on any atom is -0.502 e. The minimum atomic E-state index is 0.0116. The van der Waals surface area contributed by atoms with E-state index in [0.29, 0.717) is 28.6 Å². The Morgan fingerprint density at radius 1 is 1.15 bits per heavy atom. The molecule has 5 atom stereocenters. The number of nitrogens with one attached hydrogen (secondary N) is 1. The van der Waals surface area contributed by atoms with Crippen molar-refractivity contribution in [1.82, 2.24) is 4.98 Å². The number of rotatable bonds is 3. The molecule has 26 heavy (non-hydrogen) atoms. The number of aromatic hydroxyl groups is 1. The van der Waals surface area contributed by atoms with Crippen molar-refractivity contribution in [2.45, 2.75) is 35.5 Å². The van der Waals surface area contributed by atoms with Crippen molar-refractivity contribution in [1.29, 1.82) is 0 Å². The smallest absolute Gasteiger partial charge is 0.305 e. The van der Waals surface area contributed by atoms with Crippen molar-refractivity contribution < 1.29 is 14.6 Å². The number of ether oxygens (including phenoxy) is 2. The maximum atomic E-state index is 12.1. The van der Waals surface area contributed by atoms with Gasteiger partial charge in [-0.15, -0.1) is 11.8 Å². The highest BCUT2D eigenvalue weighted by Gasteiger charge is 2.54. The van der Waals surface area contributed by atoms with Crippen molar-refractivity contribution in [3.63, 3.8) is 0 Å². The van der Waals surface area contributed by atoms with Crippen molar-refractivity contribution >= 4 is 23.1 Å². The Labute approximate surface area is 159 Å². The van der Waals surface area contributed by atoms with E-state index in [-0.39, 0.29) is 16.5 Å². The maximum Gasteiger partial charge on any atom is 0.305 e. The molecule has 0 unspecified atom stereocenters. The van der Waals surface area contributed by atoms with Crippen molar-refractivity contribution in [3.8, 4) is 17.2 Å². The number of aromatic nitrogens is 1. The second kappa shape index (κ2) is 5.96. The first-order valence-corrected chi connectivity index (χ1v) is 10.6. The molecule has 1 aromatic carbocycles. The number of H-pyrrole nitrogens is 1. The summed E-state index contributed by atoms with van der Waals surface area (Å²) in [4.78, 5) is 16.3. The van der Waals surface area contributed by atoms with Gasteiger partial charge in [-0.25, -0.2) is 0 Å². The third-order valence-corrected chi connectivity index (χ3v) is 8.95. The van der Waals surface area contributed by atoms with Crippen LogP contribution in [0.4, 0.5) is 0 Å². The Hall–Kier alpha value is -1.60. The molecule has 0 saturated heterocycles. The second-order valence-electron chi connectivity index (χ2n) is 7.45. The molecule has 2 aromatic rings. The fourth-order valence-electron chi connectivity index (χ4n) is 5.32. The average molecular weight is 392 g/mol. The summed E-state index contributed by atoms with van der Waals surface area (Å²) < 4.78 is 10.8. The number of aromatic amines is 1. The highest BCUT2D eigenvalue weighted by Crippen LogP contribution is 2.64. The lowest BCUT2D eigenvalue weighted by molar-refractivity contribution is 0.304. The maximum absolute atomic E-state index is 12.1. The molecule has 2 heterocycles. The van der Waals surface area contributed by atoms with Gasteiger partial charge in [-0.3, -0.25) is 4.79 Å². The summed E-state index contributed by atoms with van der Waals surface area (Å²) >= 11 is 3.20. The van der Waals surface area contributed by atoms with Crippen LogP contribution in [0, 0.1) is 17.8 Å². The summed E-state index contributed by atoms with van der Waals surface area (Å²) in [6.45, 7) is 0. The molecule has 2 aliphatic carbocycles. The Kier molecular flexibility index (Phi) is 3.79. The van der Waals surface area contributed by atoms with Gasteiger partial charge in [-0.2, -0.15) is 0 Å². The van der Waals surface area contributed by atoms with Crippen LogP contribution in [0.1, 0.15) is 35.6 Å². The Morgan fingerprint density at radius 3 is 2.54 bits per heavy atom. The predicted octanol–water partition coefficient (Wildman–Crippen LogP) is 3.81. The molecule has 7 heteroatoms. The molecule has 0 spiro atoms. The van der Waals surface area contributed by atoms with Crippen LogP contribution in [0.5, 0.6) is 17.2 Å². The average Bonchev–Trinajstić information content (AvgIpc) is 3.33. The molecule has 0 amide bonds. The zero-order valence-electron chi connectivity index (χ0n) is 14.7. The zero-order valence-corrected chi connectivity index (χ0v) is 16.3. The van der Waals surface area contributed by atoms with Gasteiger partial charge >= 0.3 is 4.87 Å². The zero-order chi connectivity index (χ0) is 18.0. The van der Waals surface area contributed by atoms with E-state index in [2.05, 4.69) is 4.98 Å². The first-order valence-electron chi connectivity index (χ1n) is 8.95. The Bertz CT molecular complexity index is 895. The SMILES string of the molecule is COc1cc([C@@H]2c3sc(=O)[nH]c3S[C@H]3[C@H]4CC[C@@H](C4)[C@H]23)cc(OC)c1O. The summed E-state index contributed by atoms with van der Waals surface area (Å²) in [5.41, 5.74) is 1.07. The summed E-state index contributed by atoms with van der Waals surface area (Å²) in [6, 6.07) is 3.82. The van der Waals surface area contributed by atoms with E-state index in [1.54, 1.807) is 14.2 Å². The predicted molar refractivity (Wildman–Crippen MR) is 102 cm³/mol. The number of hydrogen-bond acceptors (Lipinski definition) is 6. The fourth-order valence-corrected chi connectivity index (χ4v) is 8.21. The quantitative estimate of drug-likeness (QED) is 0.832. The number of phenolic OH excluding ortho intramolecular Hbond substituents is 1. The molecule has 138 valence electrons. The monoisotopic (exact) mass is 391 g/mol. The van der Waals surface area contributed by atoms with E-state index in [1.165, 1.54) is 30.6 Å². The van der Waals surface area contributed by atoms with Gasteiger partial charge in [0.2, 0.25) is 5.75 Å². The van der Waals surface area contributed by atoms with Crippen LogP contribution in [0.15, 0.2) is 22.0 Å². The summed E-state index contributed by atoms with van der Waals surface area (Å²) in [6.07, 6.45) is 3.88. The highest BCUT2D eigenvalue weighted by atomic mass is 32.2. The number of phenols is 1. The van der Waals surface area contributed by atoms with Crippen molar-refractivity contribution in [2.24, 2.45) is 17.8 Å². The van der Waals surface area contributed by atoms with Gasteiger partial charge in [-0.1, -0.05) is 11.3 Å². The van der Waals surface area contributed by atoms with Gasteiger partial charge in [-0.05, 0) is 54.7 Å². The number of methoxy groups -OCH3 is 2. The molecule has 3 aliphatic rings. The summed E-state index contributed by atoms with van der Waals surface area (Å²) in [7, 11) is 3.10. The number of hydrogen-bond donors (Lipinski definition) is 2. The van der Waals surface area contributed by atoms with Crippen LogP contribution < -0.4 is 14.3 Å². The topological polar surface area (TPSA) is 71.6 Å². The molecule has 5 nitrogen and oxygen atoms in total. The van der Waals surface area contributed by atoms with Gasteiger partial charge in [0.25, 0.3) is 0 Å². The van der Waals surface area contributed by atoms with Gasteiger partial charge in [0, 0.05) is 16.0 Å². The molecule has 1 aromatic heterocycles. The molecular weight excluding hydrogens is 370 g/mol. The fraction of sp³-hybridized carbons (Fsp3) is 0.526. The van der Waals surface area contributed by atoms with Crippen LogP contribution >= 0.6 is 23.1 Å². The van der Waals surface area contributed by atoms with Crippen molar-refractivity contribution in [3.05, 3.63) is 32.2 Å². The van der Waals surface area contributed by atoms with Crippen LogP contribution in [0.2, 0.25) is 0 Å². The van der Waals surface area contributed by atoms with Crippen LogP contribution in [0.25, 0.3) is 0 Å². The summed E-state index contributed by atoms with van der Waals surface area (Å²) in [5, 5.41) is 11.9. The Morgan fingerprint density at radius 2 is 1.85 bits per heavy atom. The molecule has 0 radical (unpaired) electrons. The third-order valence-electron chi connectivity index (χ3n) is 6.33. The van der Waals surface area contributed by atoms with Crippen LogP contribution in [-0.2, 0) is 0 Å². The minimum absolute atomic E-state index is 0.0116. The third kappa shape index (κ3) is 2.26. The van der Waals surface area contributed by atoms with E-state index in [9.17, 15) is 9.90 Å². The first-order chi connectivity index (χ1) is 12.6. The van der Waals surface area contributed by atoms with Crippen molar-refractivity contribution in [2.75, 3.05) is 14.2 Å². The number of fused-ring (bicyclic) bond motifs is 6. The van der Waals surface area contributed by atoms with E-state index >= 15 is 0 Å². The van der Waals surface area contributed by atoms with E-state index in [0.717, 1.165) is 21.4 Å². The van der Waals surface area contributed by atoms with E-state index in [4.69, 9.17) is 9.47 Å². The van der Waals surface area contributed by atoms with E-state index < -0.39 is 0 Å². The molecule has 5 rings (SSSR count). The van der Waals surface area contributed by atoms with E-state index in [1.807, 2.05) is 23.9 Å². The molecular formula is C19H21NO4S2. The molecule has 2 N–H and O–H groups in total. The highest BCUT2D eigenvalue weighted by molar-refractivity contribution is 8.00. The second-order valence-corrected chi connectivity index (χ2v) is 9.66. The standard InChI is InChI=1S/C19H21NO4S2/c1-23-11-6-10(7-12(24-2)15(11)21)14-13-8-3-4-9(5-8)16(13)25-18-17(14)26-19(22)20-18/h6-9,13-14,16,21H,3-5H2,1-2H3,(H,20,22)/t8-,9-,13+,14-,16-/m0/s1. The molecule has 1 aliphatic heterocycles. The lowest BCUT2D eigenvalue weighted by Crippen LogP contribution is -2.33. The largest absolute Gasteiger partial charge is 0.502 e. The Balaban J connectivity index is 1.70. The number of thiazole rings is 1. The summed E-state index contributed by atoms with van der Waals surface area (Å²) in [5.74, 6) is 2.99. The first kappa shape index (κ1) is 16.6. The normalized spacial score (nSPS) is 31.5. The van der Waals surface area contributed by atoms with Gasteiger partial charge in [0.1, 0.15) is 0 Å². The van der Waals surface area contributed by atoms with Crippen LogP contribution in [0.3, 0.4) is 0 Å². The lowest BCUT2D eigenvalue weighted by atomic mass is 9.75. The van der Waals surface area contributed by atoms with Gasteiger partial charge < -0.3 is 19.6 Å². The lowest BCUT2D eigenvalue weighted by Gasteiger charge is -2.40. The van der Waals surface area contributed by atoms with Crippen LogP contribution in [-0.4, -0.2) is 29.6 Å². The number of thioether (sulfide) groups is 1. The molecule has 2 bridgehead atoms. The number of benzene rings is 1.